The van der Waals surface area contributed by atoms with Gasteiger partial charge in [0.05, 0.1) is 14.7 Å². The van der Waals surface area contributed by atoms with Gasteiger partial charge >= 0.3 is 0 Å². The SMILES string of the molecule is CS(=O)(=O)c1ccc(NCCNC(=O)Cn2c(-c3cccs3)n[nH]c2=S)c([N+](=O)[O-])c1. The van der Waals surface area contributed by atoms with Gasteiger partial charge in [0.2, 0.25) is 5.91 Å². The number of carbonyl (C=O) groups excluding carboxylic acids is 1. The Labute approximate surface area is 186 Å². The number of amides is 1. The molecule has 0 saturated carbocycles. The zero-order valence-electron chi connectivity index (χ0n) is 16.2. The summed E-state index contributed by atoms with van der Waals surface area (Å²) in [4.78, 5) is 23.6. The third kappa shape index (κ3) is 5.53. The van der Waals surface area contributed by atoms with Gasteiger partial charge in [-0.05, 0) is 35.8 Å². The highest BCUT2D eigenvalue weighted by molar-refractivity contribution is 7.90. The number of benzene rings is 1. The van der Waals surface area contributed by atoms with Gasteiger partial charge in [0.25, 0.3) is 5.69 Å². The lowest BCUT2D eigenvalue weighted by Gasteiger charge is -2.10. The Morgan fingerprint density at radius 3 is 2.77 bits per heavy atom. The normalized spacial score (nSPS) is 11.3. The van der Waals surface area contributed by atoms with Gasteiger partial charge in [0.15, 0.2) is 20.4 Å². The van der Waals surface area contributed by atoms with Crippen molar-refractivity contribution in [1.29, 1.82) is 0 Å². The Hall–Kier alpha value is -3.10. The van der Waals surface area contributed by atoms with Gasteiger partial charge in [0.1, 0.15) is 12.2 Å². The van der Waals surface area contributed by atoms with Crippen molar-refractivity contribution < 1.29 is 18.1 Å². The van der Waals surface area contributed by atoms with Gasteiger partial charge in [-0.1, -0.05) is 6.07 Å². The number of hydrogen-bond donors (Lipinski definition) is 3. The van der Waals surface area contributed by atoms with E-state index in [2.05, 4.69) is 20.8 Å². The van der Waals surface area contributed by atoms with E-state index in [9.17, 15) is 23.3 Å². The van der Waals surface area contributed by atoms with E-state index in [1.807, 2.05) is 17.5 Å². The number of thiophene rings is 1. The average Bonchev–Trinajstić information content (AvgIpc) is 3.35. The van der Waals surface area contributed by atoms with Crippen LogP contribution in [0.15, 0.2) is 40.6 Å². The summed E-state index contributed by atoms with van der Waals surface area (Å²) in [6.45, 7) is 0.342. The van der Waals surface area contributed by atoms with Gasteiger partial charge in [-0.15, -0.1) is 11.3 Å². The molecule has 3 rings (SSSR count). The molecular formula is C17H18N6O5S3. The van der Waals surface area contributed by atoms with E-state index in [-0.39, 0.29) is 41.8 Å². The molecule has 3 aromatic rings. The number of sulfone groups is 1. The molecule has 0 spiro atoms. The van der Waals surface area contributed by atoms with Gasteiger partial charge in [-0.25, -0.2) is 8.42 Å². The summed E-state index contributed by atoms with van der Waals surface area (Å²) in [5.41, 5.74) is -0.205. The number of nitrogens with one attached hydrogen (secondary N) is 3. The number of aromatic nitrogens is 3. The first-order valence-electron chi connectivity index (χ1n) is 8.85. The van der Waals surface area contributed by atoms with Crippen LogP contribution < -0.4 is 10.6 Å². The number of anilines is 1. The monoisotopic (exact) mass is 482 g/mol. The van der Waals surface area contributed by atoms with Crippen molar-refractivity contribution in [2.24, 2.45) is 0 Å². The molecule has 2 aromatic heterocycles. The van der Waals surface area contributed by atoms with Crippen molar-refractivity contribution in [3.05, 3.63) is 50.6 Å². The van der Waals surface area contributed by atoms with Gasteiger partial charge < -0.3 is 10.6 Å². The maximum absolute atomic E-state index is 12.3. The highest BCUT2D eigenvalue weighted by Crippen LogP contribution is 2.27. The predicted molar refractivity (Wildman–Crippen MR) is 118 cm³/mol. The molecule has 14 heteroatoms. The summed E-state index contributed by atoms with van der Waals surface area (Å²) in [6, 6.07) is 7.36. The first-order valence-corrected chi connectivity index (χ1v) is 12.0. The Kier molecular flexibility index (Phi) is 6.82. The van der Waals surface area contributed by atoms with E-state index < -0.39 is 14.8 Å². The third-order valence-electron chi connectivity index (χ3n) is 4.16. The number of carbonyl (C=O) groups is 1. The van der Waals surface area contributed by atoms with Crippen LogP contribution in [-0.4, -0.2) is 53.4 Å². The second-order valence-corrected chi connectivity index (χ2v) is 9.75. The summed E-state index contributed by atoms with van der Waals surface area (Å²) in [5.74, 6) is 0.258. The van der Waals surface area contributed by atoms with Crippen LogP contribution in [0.4, 0.5) is 11.4 Å². The molecule has 0 aliphatic heterocycles. The van der Waals surface area contributed by atoms with E-state index in [0.29, 0.717) is 10.6 Å². The molecule has 0 fully saturated rings. The lowest BCUT2D eigenvalue weighted by molar-refractivity contribution is -0.384. The largest absolute Gasteiger partial charge is 0.378 e. The molecule has 0 aliphatic rings. The van der Waals surface area contributed by atoms with Crippen LogP contribution in [0.2, 0.25) is 0 Å². The van der Waals surface area contributed by atoms with E-state index >= 15 is 0 Å². The second kappa shape index (κ2) is 9.36. The zero-order valence-corrected chi connectivity index (χ0v) is 18.6. The maximum Gasteiger partial charge on any atom is 0.293 e. The minimum absolute atomic E-state index is 0.0359. The van der Waals surface area contributed by atoms with Crippen molar-refractivity contribution in [3.63, 3.8) is 0 Å². The molecule has 3 N–H and O–H groups in total. The topological polar surface area (TPSA) is 152 Å². The predicted octanol–water partition coefficient (Wildman–Crippen LogP) is 2.21. The molecule has 0 radical (unpaired) electrons. The highest BCUT2D eigenvalue weighted by Gasteiger charge is 2.18. The minimum atomic E-state index is -3.57. The average molecular weight is 483 g/mol. The Morgan fingerprint density at radius 1 is 1.35 bits per heavy atom. The Balaban J connectivity index is 1.58. The highest BCUT2D eigenvalue weighted by atomic mass is 32.2. The van der Waals surface area contributed by atoms with Crippen LogP contribution in [0.1, 0.15) is 0 Å². The fourth-order valence-corrected chi connectivity index (χ4v) is 4.26. The van der Waals surface area contributed by atoms with Crippen LogP contribution in [0.5, 0.6) is 0 Å². The van der Waals surface area contributed by atoms with Crippen molar-refractivity contribution in [3.8, 4) is 10.7 Å². The van der Waals surface area contributed by atoms with Gasteiger partial charge in [-0.2, -0.15) is 5.10 Å². The van der Waals surface area contributed by atoms with E-state index in [1.165, 1.54) is 23.5 Å². The molecule has 0 atom stereocenters. The number of H-pyrrole nitrogens is 1. The number of nitrogens with zero attached hydrogens (tertiary/aromatic N) is 3. The van der Waals surface area contributed by atoms with Gasteiger partial charge in [0, 0.05) is 25.4 Å². The molecule has 164 valence electrons. The van der Waals surface area contributed by atoms with E-state index in [0.717, 1.165) is 17.2 Å². The molecular weight excluding hydrogens is 464 g/mol. The third-order valence-corrected chi connectivity index (χ3v) is 6.45. The lowest BCUT2D eigenvalue weighted by Crippen LogP contribution is -2.32. The molecule has 0 unspecified atom stereocenters. The van der Waals surface area contributed by atoms with Crippen LogP contribution >= 0.6 is 23.6 Å². The summed E-state index contributed by atoms with van der Waals surface area (Å²) < 4.78 is 25.1. The van der Waals surface area contributed by atoms with Crippen LogP contribution in [-0.2, 0) is 21.2 Å². The standard InChI is InChI=1S/C17H18N6O5S3/c1-31(27,28)11-4-5-12(13(9-11)23(25)26)18-6-7-19-15(24)10-22-16(20-21-17(22)29)14-3-2-8-30-14/h2-5,8-9,18H,6-7,10H2,1H3,(H,19,24)(H,21,29). The fourth-order valence-electron chi connectivity index (χ4n) is 2.70. The fraction of sp³-hybridized carbons (Fsp3) is 0.235. The first kappa shape index (κ1) is 22.6. The molecule has 2 heterocycles. The molecule has 0 bridgehead atoms. The Morgan fingerprint density at radius 2 is 2.13 bits per heavy atom. The van der Waals surface area contributed by atoms with Crippen LogP contribution in [0.25, 0.3) is 10.7 Å². The van der Waals surface area contributed by atoms with Gasteiger partial charge in [-0.3, -0.25) is 24.6 Å². The first-order chi connectivity index (χ1) is 14.7. The van der Waals surface area contributed by atoms with E-state index in [4.69, 9.17) is 12.2 Å². The summed E-state index contributed by atoms with van der Waals surface area (Å²) in [5, 5.41) is 25.5. The summed E-state index contributed by atoms with van der Waals surface area (Å²) in [6.07, 6.45) is 0.977. The van der Waals surface area contributed by atoms with E-state index in [1.54, 1.807) is 4.57 Å². The van der Waals surface area contributed by atoms with Crippen molar-refractivity contribution >= 4 is 50.7 Å². The summed E-state index contributed by atoms with van der Waals surface area (Å²) in [7, 11) is -3.57. The molecule has 0 saturated heterocycles. The zero-order chi connectivity index (χ0) is 22.6. The number of nitro groups is 1. The van der Waals surface area contributed by atoms with Crippen molar-refractivity contribution in [2.45, 2.75) is 11.4 Å². The molecule has 1 amide bonds. The molecule has 0 aliphatic carbocycles. The van der Waals surface area contributed by atoms with Crippen molar-refractivity contribution in [2.75, 3.05) is 24.7 Å². The molecule has 11 nitrogen and oxygen atoms in total. The molecule has 31 heavy (non-hydrogen) atoms. The lowest BCUT2D eigenvalue weighted by atomic mass is 10.2. The smallest absolute Gasteiger partial charge is 0.293 e. The van der Waals surface area contributed by atoms with Crippen LogP contribution in [0.3, 0.4) is 0 Å². The second-order valence-electron chi connectivity index (χ2n) is 6.40. The number of rotatable bonds is 9. The summed E-state index contributed by atoms with van der Waals surface area (Å²) >= 11 is 6.66. The number of aromatic amines is 1. The van der Waals surface area contributed by atoms with Crippen LogP contribution in [0, 0.1) is 14.9 Å². The molecule has 1 aromatic carbocycles. The number of hydrogen-bond acceptors (Lipinski definition) is 9. The maximum atomic E-state index is 12.3. The quantitative estimate of drug-likeness (QED) is 0.182. The number of nitro benzene ring substituents is 1. The Bertz CT molecular complexity index is 1260. The minimum Gasteiger partial charge on any atom is -0.378 e. The van der Waals surface area contributed by atoms with Crippen molar-refractivity contribution in [1.82, 2.24) is 20.1 Å².